The molecule has 2 aromatic carbocycles. The number of alkyl halides is 6. The van der Waals surface area contributed by atoms with Crippen molar-refractivity contribution >= 4 is 17.3 Å². The van der Waals surface area contributed by atoms with Crippen LogP contribution in [-0.2, 0) is 11.0 Å². The second kappa shape index (κ2) is 20.7. The Morgan fingerprint density at radius 2 is 1.30 bits per heavy atom. The van der Waals surface area contributed by atoms with Gasteiger partial charge < -0.3 is 26.0 Å². The summed E-state index contributed by atoms with van der Waals surface area (Å²) in [6.45, 7) is 10.3. The van der Waals surface area contributed by atoms with Gasteiger partial charge in [-0.15, -0.1) is 6.04 Å². The number of halogens is 7. The number of piperazine rings is 2. The lowest BCUT2D eigenvalue weighted by Crippen LogP contribution is -2.47. The third kappa shape index (κ3) is 14.3. The van der Waals surface area contributed by atoms with Gasteiger partial charge in [-0.2, -0.15) is 26.3 Å². The predicted octanol–water partition coefficient (Wildman–Crippen LogP) is 8.85. The van der Waals surface area contributed by atoms with Crippen molar-refractivity contribution in [2.45, 2.75) is 108 Å². The lowest BCUT2D eigenvalue weighted by Gasteiger charge is -2.38. The van der Waals surface area contributed by atoms with E-state index in [-0.39, 0.29) is 17.8 Å². The van der Waals surface area contributed by atoms with Crippen LogP contribution in [0.1, 0.15) is 94.8 Å². The average Bonchev–Trinajstić information content (AvgIpc) is 3.17. The van der Waals surface area contributed by atoms with Crippen molar-refractivity contribution in [2.24, 2.45) is 11.8 Å². The molecule has 2 aliphatic heterocycles. The first-order valence-corrected chi connectivity index (χ1v) is 20.7. The Kier molecular flexibility index (Phi) is 16.3. The Bertz CT molecular complexity index is 1530. The van der Waals surface area contributed by atoms with E-state index in [2.05, 4.69) is 32.1 Å². The maximum absolute atomic E-state index is 14.3. The number of aliphatic hydroxyl groups is 1. The summed E-state index contributed by atoms with van der Waals surface area (Å²) in [6.07, 6.45) is -1.04. The van der Waals surface area contributed by atoms with E-state index in [9.17, 15) is 40.6 Å². The largest absolute Gasteiger partial charge is 0.675 e. The summed E-state index contributed by atoms with van der Waals surface area (Å²) in [4.78, 5) is 20.3. The van der Waals surface area contributed by atoms with Crippen LogP contribution in [0.2, 0.25) is 0 Å². The molecule has 2 aliphatic carbocycles. The van der Waals surface area contributed by atoms with Gasteiger partial charge in [0.15, 0.2) is 5.82 Å². The number of anilines is 2. The summed E-state index contributed by atoms with van der Waals surface area (Å²) in [6, 6.07) is 11.6. The Morgan fingerprint density at radius 3 is 1.82 bits per heavy atom. The van der Waals surface area contributed by atoms with Crippen LogP contribution in [0, 0.1) is 17.7 Å². The van der Waals surface area contributed by atoms with Gasteiger partial charge in [0, 0.05) is 64.1 Å². The molecule has 0 spiro atoms. The van der Waals surface area contributed by atoms with Gasteiger partial charge in [-0.3, -0.25) is 14.6 Å². The van der Waals surface area contributed by atoms with E-state index < -0.39 is 42.2 Å². The molecule has 1 amide bonds. The summed E-state index contributed by atoms with van der Waals surface area (Å²) in [7, 11) is 0. The second-order valence-electron chi connectivity index (χ2n) is 16.4. The molecule has 1 unspecified atom stereocenters. The predicted molar refractivity (Wildman–Crippen MR) is 210 cm³/mol. The van der Waals surface area contributed by atoms with Gasteiger partial charge in [-0.25, -0.2) is 4.39 Å². The number of hydrogen-bond acceptors (Lipinski definition) is 6. The van der Waals surface area contributed by atoms with Gasteiger partial charge in [-0.1, -0.05) is 43.9 Å². The van der Waals surface area contributed by atoms with Crippen molar-refractivity contribution in [3.8, 4) is 0 Å². The van der Waals surface area contributed by atoms with Gasteiger partial charge in [0.1, 0.15) is 6.42 Å². The van der Waals surface area contributed by atoms with Crippen LogP contribution >= 0.6 is 0 Å². The molecule has 0 radical (unpaired) electrons. The number of carbonyl (C=O) groups excluding carboxylic acids is 1. The fourth-order valence-electron chi connectivity index (χ4n) is 8.64. The molecule has 0 bridgehead atoms. The number of hydrogen-bond donors (Lipinski definition) is 2. The van der Waals surface area contributed by atoms with E-state index in [1.165, 1.54) is 12.1 Å². The van der Waals surface area contributed by atoms with E-state index in [0.29, 0.717) is 24.9 Å². The van der Waals surface area contributed by atoms with Gasteiger partial charge in [0.05, 0.1) is 17.4 Å². The number of benzene rings is 2. The molecule has 6 rings (SSSR count). The molecule has 0 aromatic heterocycles. The van der Waals surface area contributed by atoms with E-state index in [4.69, 9.17) is 5.73 Å². The fourth-order valence-corrected chi connectivity index (χ4v) is 8.64. The van der Waals surface area contributed by atoms with Crippen molar-refractivity contribution in [1.29, 1.82) is 0 Å². The van der Waals surface area contributed by atoms with Crippen molar-refractivity contribution in [3.63, 3.8) is 0 Å². The van der Waals surface area contributed by atoms with Crippen LogP contribution in [0.3, 0.4) is 0 Å². The van der Waals surface area contributed by atoms with Crippen LogP contribution in [0.25, 0.3) is 5.73 Å². The molecule has 2 aromatic rings. The molecule has 320 valence electrons. The minimum absolute atomic E-state index is 0.0493. The minimum atomic E-state index is -4.67. The van der Waals surface area contributed by atoms with Crippen LogP contribution in [-0.4, -0.2) is 105 Å². The highest BCUT2D eigenvalue weighted by molar-refractivity contribution is 5.76. The number of aliphatic hydroxyl groups excluding tert-OH is 1. The lowest BCUT2D eigenvalue weighted by molar-refractivity contribution is -0.154. The summed E-state index contributed by atoms with van der Waals surface area (Å²) < 4.78 is 89.8. The van der Waals surface area contributed by atoms with Crippen LogP contribution in [0.5, 0.6) is 0 Å². The zero-order chi connectivity index (χ0) is 41.2. The Labute approximate surface area is 332 Å². The number of carbonyl (C=O) groups is 1. The molecule has 2 heterocycles. The maximum Gasteiger partial charge on any atom is 0.419 e. The fraction of sp³-hybridized carbons (Fsp3) is 0.690. The highest BCUT2D eigenvalue weighted by Crippen LogP contribution is 2.36. The molecule has 8 nitrogen and oxygen atoms in total. The van der Waals surface area contributed by atoms with E-state index in [1.807, 2.05) is 12.1 Å². The van der Waals surface area contributed by atoms with E-state index >= 15 is 0 Å². The van der Waals surface area contributed by atoms with Crippen molar-refractivity contribution in [1.82, 2.24) is 15.1 Å². The molecule has 3 N–H and O–H groups in total. The number of nitrogens with zero attached hydrogens (tertiary/aromatic N) is 4. The zero-order valence-electron chi connectivity index (χ0n) is 33.1. The van der Waals surface area contributed by atoms with Gasteiger partial charge >= 0.3 is 12.4 Å². The maximum atomic E-state index is 14.3. The van der Waals surface area contributed by atoms with Crippen molar-refractivity contribution in [2.75, 3.05) is 75.2 Å². The number of nitrogens with one attached hydrogen (secondary N) is 2. The van der Waals surface area contributed by atoms with Gasteiger partial charge in [-0.05, 0) is 100 Å². The topological polar surface area (TPSA) is 86.1 Å². The highest BCUT2D eigenvalue weighted by Gasteiger charge is 2.36. The first kappa shape index (κ1) is 45.0. The molecule has 2 saturated carbocycles. The lowest BCUT2D eigenvalue weighted by atomic mass is 9.84. The summed E-state index contributed by atoms with van der Waals surface area (Å²) in [5.74, 6) is -0.805. The molecule has 15 heteroatoms. The Hall–Kier alpha value is -3.14. The third-order valence-electron chi connectivity index (χ3n) is 12.2. The van der Waals surface area contributed by atoms with E-state index in [0.717, 1.165) is 134 Å². The molecular formula is C42H60F7N6O2-. The smallest absolute Gasteiger partial charge is 0.419 e. The van der Waals surface area contributed by atoms with Crippen LogP contribution in [0.15, 0.2) is 42.5 Å². The highest BCUT2D eigenvalue weighted by atomic mass is 19.4. The number of rotatable bonds is 11. The number of amides is 1. The minimum Gasteiger partial charge on any atom is -0.675 e. The first-order chi connectivity index (χ1) is 27.0. The zero-order valence-corrected chi connectivity index (χ0v) is 33.1. The Balaban J connectivity index is 0.000000221. The van der Waals surface area contributed by atoms with E-state index in [1.54, 1.807) is 11.8 Å². The SMILES string of the molecule is CC(O)c1cccc(N2CCN(CCC3CCC(NC(=O)CC(F)(F)F)CC3)CC2)c1.[NH-]C1CCC(CCN2CCN(c3cccc(C(F)(F)F)c3F)CC2)CC1. The van der Waals surface area contributed by atoms with Gasteiger partial charge in [0.2, 0.25) is 5.91 Å². The average molecular weight is 814 g/mol. The standard InChI is InChI=1S/C23H34F3N3O2.C19H26F4N3/c1-17(30)19-3-2-4-21(15-19)29-13-11-28(12-14-29)10-9-18-5-7-20(8-6-18)27-22(31)16-23(24,25)26;20-18-16(19(21,22)23)2-1-3-17(18)26-12-10-25(11-13-26)9-8-14-4-6-15(24)7-5-14/h2-4,15,17-18,20,30H,5-14,16H2,1H3,(H,27,31);1-3,14-15,24H,4-13H2/q;-1. The first-order valence-electron chi connectivity index (χ1n) is 20.7. The van der Waals surface area contributed by atoms with Gasteiger partial charge in [0.25, 0.3) is 0 Å². The molecule has 1 atom stereocenters. The molecule has 2 saturated heterocycles. The Morgan fingerprint density at radius 1 is 0.772 bits per heavy atom. The van der Waals surface area contributed by atoms with Crippen molar-refractivity contribution in [3.05, 3.63) is 65.1 Å². The summed E-state index contributed by atoms with van der Waals surface area (Å²) >= 11 is 0. The molecular weight excluding hydrogens is 753 g/mol. The third-order valence-corrected chi connectivity index (χ3v) is 12.2. The van der Waals surface area contributed by atoms with Crippen LogP contribution < -0.4 is 15.1 Å². The van der Waals surface area contributed by atoms with Crippen molar-refractivity contribution < 1.29 is 40.6 Å². The summed E-state index contributed by atoms with van der Waals surface area (Å²) in [5.41, 5.74) is 8.70. The molecule has 4 fully saturated rings. The molecule has 4 aliphatic rings. The summed E-state index contributed by atoms with van der Waals surface area (Å²) in [5, 5.41) is 12.3. The monoisotopic (exact) mass is 813 g/mol. The van der Waals surface area contributed by atoms with Crippen LogP contribution in [0.4, 0.5) is 42.1 Å². The molecule has 57 heavy (non-hydrogen) atoms. The quantitative estimate of drug-likeness (QED) is 0.221. The second-order valence-corrected chi connectivity index (χ2v) is 16.4. The normalized spacial score (nSPS) is 24.7.